The number of aliphatic hydroxyl groups excluding tert-OH is 1. The van der Waals surface area contributed by atoms with Crippen molar-refractivity contribution in [3.8, 4) is 5.75 Å². The summed E-state index contributed by atoms with van der Waals surface area (Å²) in [6, 6.07) is 10.7. The van der Waals surface area contributed by atoms with Gasteiger partial charge in [-0.05, 0) is 62.9 Å². The Bertz CT molecular complexity index is 782. The summed E-state index contributed by atoms with van der Waals surface area (Å²) in [6.45, 7) is 5.00. The molecular weight excluding hydrogens is 349 g/mol. The van der Waals surface area contributed by atoms with Crippen LogP contribution in [0.3, 0.4) is 0 Å². The number of aryl methyl sites for hydroxylation is 2. The molecule has 2 rings (SSSR count). The third-order valence-electron chi connectivity index (χ3n) is 3.94. The van der Waals surface area contributed by atoms with Gasteiger partial charge < -0.3 is 14.6 Å². The van der Waals surface area contributed by atoms with E-state index >= 15 is 0 Å². The van der Waals surface area contributed by atoms with Crippen molar-refractivity contribution in [2.75, 3.05) is 12.4 Å². The van der Waals surface area contributed by atoms with Crippen LogP contribution in [0.4, 0.5) is 14.9 Å². The molecule has 0 aliphatic rings. The van der Waals surface area contributed by atoms with Crippen molar-refractivity contribution in [2.45, 2.75) is 45.8 Å². The average molecular weight is 375 g/mol. The number of hydrogen-bond acceptors (Lipinski definition) is 4. The molecule has 0 heterocycles. The van der Waals surface area contributed by atoms with Crippen LogP contribution in [-0.2, 0) is 24.2 Å². The van der Waals surface area contributed by atoms with E-state index in [1.54, 1.807) is 45.0 Å². The molecule has 0 aliphatic carbocycles. The monoisotopic (exact) mass is 375 g/mol. The number of rotatable bonds is 6. The van der Waals surface area contributed by atoms with Gasteiger partial charge in [0.2, 0.25) is 0 Å². The standard InChI is InChI=1S/C21H26FNO4/c1-21(2,3)27-20(25)23-16-10-6-14(7-11-16)5-8-15-9-12-18(26-4)17(13-24)19(15)22/h6-7,9-12,24H,5,8,13H2,1-4H3,(H,23,25). The molecule has 2 aromatic rings. The van der Waals surface area contributed by atoms with Crippen LogP contribution >= 0.6 is 0 Å². The van der Waals surface area contributed by atoms with Gasteiger partial charge in [0.15, 0.2) is 0 Å². The van der Waals surface area contributed by atoms with E-state index in [2.05, 4.69) is 5.32 Å². The molecule has 27 heavy (non-hydrogen) atoms. The second-order valence-electron chi connectivity index (χ2n) is 7.20. The van der Waals surface area contributed by atoms with Crippen molar-refractivity contribution in [3.63, 3.8) is 0 Å². The Morgan fingerprint density at radius 1 is 1.11 bits per heavy atom. The number of methoxy groups -OCH3 is 1. The first kappa shape index (κ1) is 20.7. The van der Waals surface area contributed by atoms with Crippen LogP contribution in [0, 0.1) is 5.82 Å². The van der Waals surface area contributed by atoms with E-state index in [9.17, 15) is 14.3 Å². The lowest BCUT2D eigenvalue weighted by atomic mass is 10.0. The summed E-state index contributed by atoms with van der Waals surface area (Å²) in [5, 5.41) is 12.0. The molecule has 0 atom stereocenters. The summed E-state index contributed by atoms with van der Waals surface area (Å²) in [5.41, 5.74) is 1.78. The average Bonchev–Trinajstić information content (AvgIpc) is 2.60. The van der Waals surface area contributed by atoms with Crippen LogP contribution in [0.5, 0.6) is 5.75 Å². The number of nitrogens with one attached hydrogen (secondary N) is 1. The minimum Gasteiger partial charge on any atom is -0.496 e. The maximum atomic E-state index is 14.5. The second-order valence-corrected chi connectivity index (χ2v) is 7.20. The predicted molar refractivity (Wildman–Crippen MR) is 103 cm³/mol. The van der Waals surface area contributed by atoms with Crippen molar-refractivity contribution in [1.82, 2.24) is 0 Å². The minimum atomic E-state index is -0.556. The van der Waals surface area contributed by atoms with E-state index < -0.39 is 24.1 Å². The lowest BCUT2D eigenvalue weighted by Crippen LogP contribution is -2.27. The number of carbonyl (C=O) groups excluding carboxylic acids is 1. The zero-order chi connectivity index (χ0) is 20.0. The SMILES string of the molecule is COc1ccc(CCc2ccc(NC(=O)OC(C)(C)C)cc2)c(F)c1CO. The molecular formula is C21H26FNO4. The highest BCUT2D eigenvalue weighted by Crippen LogP contribution is 2.25. The maximum absolute atomic E-state index is 14.5. The van der Waals surface area contributed by atoms with Crippen LogP contribution < -0.4 is 10.1 Å². The van der Waals surface area contributed by atoms with E-state index in [-0.39, 0.29) is 5.56 Å². The molecule has 0 aromatic heterocycles. The van der Waals surface area contributed by atoms with Gasteiger partial charge in [-0.25, -0.2) is 9.18 Å². The molecule has 0 spiro atoms. The first-order valence-electron chi connectivity index (χ1n) is 8.77. The van der Waals surface area contributed by atoms with E-state index in [4.69, 9.17) is 9.47 Å². The highest BCUT2D eigenvalue weighted by Gasteiger charge is 2.16. The topological polar surface area (TPSA) is 67.8 Å². The number of amides is 1. The second kappa shape index (κ2) is 8.86. The van der Waals surface area contributed by atoms with E-state index in [1.807, 2.05) is 12.1 Å². The zero-order valence-corrected chi connectivity index (χ0v) is 16.1. The molecule has 0 aliphatic heterocycles. The summed E-state index contributed by atoms with van der Waals surface area (Å²) < 4.78 is 24.7. The van der Waals surface area contributed by atoms with Crippen LogP contribution in [0.1, 0.15) is 37.5 Å². The Morgan fingerprint density at radius 2 is 1.78 bits per heavy atom. The molecule has 2 N–H and O–H groups in total. The Kier molecular flexibility index (Phi) is 6.80. The Labute approximate surface area is 159 Å². The highest BCUT2D eigenvalue weighted by molar-refractivity contribution is 5.84. The zero-order valence-electron chi connectivity index (χ0n) is 16.1. The van der Waals surface area contributed by atoms with Crippen LogP contribution in [0.2, 0.25) is 0 Å². The van der Waals surface area contributed by atoms with Gasteiger partial charge in [-0.2, -0.15) is 0 Å². The summed E-state index contributed by atoms with van der Waals surface area (Å²) in [4.78, 5) is 11.8. The molecule has 5 nitrogen and oxygen atoms in total. The van der Waals surface area contributed by atoms with Gasteiger partial charge in [0.25, 0.3) is 0 Å². The Morgan fingerprint density at radius 3 is 2.33 bits per heavy atom. The number of carbonyl (C=O) groups is 1. The first-order valence-corrected chi connectivity index (χ1v) is 8.77. The molecule has 0 fully saturated rings. The van der Waals surface area contributed by atoms with Crippen molar-refractivity contribution in [2.24, 2.45) is 0 Å². The predicted octanol–water partition coefficient (Wildman–Crippen LogP) is 4.46. The van der Waals surface area contributed by atoms with Crippen molar-refractivity contribution < 1.29 is 23.8 Å². The third kappa shape index (κ3) is 5.96. The number of halogens is 1. The van der Waals surface area contributed by atoms with Gasteiger partial charge in [0.05, 0.1) is 19.3 Å². The Balaban J connectivity index is 1.98. The summed E-state index contributed by atoms with van der Waals surface area (Å²) in [5.74, 6) is -0.0867. The summed E-state index contributed by atoms with van der Waals surface area (Å²) in [7, 11) is 1.44. The number of anilines is 1. The fraction of sp³-hybridized carbons (Fsp3) is 0.381. The van der Waals surface area contributed by atoms with Crippen LogP contribution in [0.25, 0.3) is 0 Å². The fourth-order valence-electron chi connectivity index (χ4n) is 2.64. The largest absolute Gasteiger partial charge is 0.496 e. The van der Waals surface area contributed by atoms with Gasteiger partial charge in [0, 0.05) is 5.69 Å². The maximum Gasteiger partial charge on any atom is 0.412 e. The van der Waals surface area contributed by atoms with Gasteiger partial charge in [-0.3, -0.25) is 5.32 Å². The smallest absolute Gasteiger partial charge is 0.412 e. The normalized spacial score (nSPS) is 11.2. The van der Waals surface area contributed by atoms with E-state index in [0.29, 0.717) is 29.8 Å². The third-order valence-corrected chi connectivity index (χ3v) is 3.94. The molecule has 0 saturated heterocycles. The van der Waals surface area contributed by atoms with E-state index in [1.165, 1.54) is 7.11 Å². The van der Waals surface area contributed by atoms with E-state index in [0.717, 1.165) is 5.56 Å². The number of hydrogen-bond donors (Lipinski definition) is 2. The van der Waals surface area contributed by atoms with Gasteiger partial charge in [-0.15, -0.1) is 0 Å². The molecule has 1 amide bonds. The van der Waals surface area contributed by atoms with Crippen molar-refractivity contribution in [3.05, 3.63) is 58.9 Å². The quantitative estimate of drug-likeness (QED) is 0.782. The molecule has 0 radical (unpaired) electrons. The molecule has 0 unspecified atom stereocenters. The van der Waals surface area contributed by atoms with Gasteiger partial charge in [-0.1, -0.05) is 18.2 Å². The van der Waals surface area contributed by atoms with Crippen LogP contribution in [-0.4, -0.2) is 23.9 Å². The Hall–Kier alpha value is -2.60. The minimum absolute atomic E-state index is 0.173. The van der Waals surface area contributed by atoms with Crippen LogP contribution in [0.15, 0.2) is 36.4 Å². The lowest BCUT2D eigenvalue weighted by molar-refractivity contribution is 0.0636. The molecule has 146 valence electrons. The molecule has 6 heteroatoms. The fourth-order valence-corrected chi connectivity index (χ4v) is 2.64. The number of benzene rings is 2. The first-order chi connectivity index (χ1) is 12.7. The van der Waals surface area contributed by atoms with Crippen molar-refractivity contribution >= 4 is 11.8 Å². The van der Waals surface area contributed by atoms with Gasteiger partial charge >= 0.3 is 6.09 Å². The van der Waals surface area contributed by atoms with Crippen molar-refractivity contribution in [1.29, 1.82) is 0 Å². The highest BCUT2D eigenvalue weighted by atomic mass is 19.1. The number of ether oxygens (including phenoxy) is 2. The summed E-state index contributed by atoms with van der Waals surface area (Å²) >= 11 is 0. The molecule has 0 saturated carbocycles. The number of aliphatic hydroxyl groups is 1. The van der Waals surface area contributed by atoms with Gasteiger partial charge in [0.1, 0.15) is 17.2 Å². The molecule has 2 aromatic carbocycles. The summed E-state index contributed by atoms with van der Waals surface area (Å²) in [6.07, 6.45) is 0.606. The lowest BCUT2D eigenvalue weighted by Gasteiger charge is -2.19. The molecule has 0 bridgehead atoms.